The monoisotopic (exact) mass is 411 g/mol. The van der Waals surface area contributed by atoms with E-state index in [0.717, 1.165) is 5.56 Å². The van der Waals surface area contributed by atoms with Gasteiger partial charge in [0.05, 0.1) is 5.69 Å². The van der Waals surface area contributed by atoms with E-state index in [1.54, 1.807) is 12.1 Å². The number of carbonyl (C=O) groups is 1. The molecular weight excluding hydrogens is 393 g/mol. The van der Waals surface area contributed by atoms with E-state index >= 15 is 0 Å². The molecule has 1 aliphatic rings. The molecular formula is C21H18FN3O3S. The summed E-state index contributed by atoms with van der Waals surface area (Å²) in [5.41, 5.74) is 1.72. The molecule has 1 aliphatic heterocycles. The van der Waals surface area contributed by atoms with Crippen LogP contribution in [-0.4, -0.2) is 25.4 Å². The Balaban J connectivity index is 1.74. The number of rotatable bonds is 4. The van der Waals surface area contributed by atoms with Crippen LogP contribution in [0.2, 0.25) is 0 Å². The summed E-state index contributed by atoms with van der Waals surface area (Å²) in [4.78, 5) is 16.9. The summed E-state index contributed by atoms with van der Waals surface area (Å²) in [7, 11) is -4.02. The number of nitrogens with zero attached hydrogens (tertiary/aromatic N) is 2. The Hall–Kier alpha value is -3.26. The standard InChI is InChI=1S/C21H18FN3O3S/c22-16-8-10-17(11-9-16)24-21(26)20-12-7-15-4-1-2-6-19(15)25(20)29(27,28)18-5-3-13-23-14-18/h1-6,8-11,13-14,20H,7,12H2,(H,24,26). The van der Waals surface area contributed by atoms with E-state index in [1.165, 1.54) is 53.1 Å². The first-order valence-corrected chi connectivity index (χ1v) is 10.5. The maximum Gasteiger partial charge on any atom is 0.266 e. The average Bonchev–Trinajstić information content (AvgIpc) is 2.75. The highest BCUT2D eigenvalue weighted by Crippen LogP contribution is 2.35. The van der Waals surface area contributed by atoms with Gasteiger partial charge in [-0.2, -0.15) is 0 Å². The van der Waals surface area contributed by atoms with E-state index in [1.807, 2.05) is 12.1 Å². The van der Waals surface area contributed by atoms with Crippen LogP contribution in [-0.2, 0) is 21.2 Å². The number of aryl methyl sites for hydroxylation is 1. The van der Waals surface area contributed by atoms with E-state index in [2.05, 4.69) is 10.3 Å². The quantitative estimate of drug-likeness (QED) is 0.714. The highest BCUT2D eigenvalue weighted by molar-refractivity contribution is 7.93. The van der Waals surface area contributed by atoms with Gasteiger partial charge in [0, 0.05) is 18.1 Å². The number of fused-ring (bicyclic) bond motifs is 1. The smallest absolute Gasteiger partial charge is 0.266 e. The second-order valence-corrected chi connectivity index (χ2v) is 8.48. The molecule has 1 N–H and O–H groups in total. The van der Waals surface area contributed by atoms with E-state index in [0.29, 0.717) is 24.2 Å². The fraction of sp³-hybridized carbons (Fsp3) is 0.143. The number of aromatic nitrogens is 1. The zero-order valence-corrected chi connectivity index (χ0v) is 16.1. The Morgan fingerprint density at radius 1 is 1.07 bits per heavy atom. The predicted octanol–water partition coefficient (Wildman–Crippen LogP) is 3.37. The Labute approximate surface area is 168 Å². The van der Waals surface area contributed by atoms with Crippen LogP contribution >= 0.6 is 0 Å². The molecule has 6 nitrogen and oxygen atoms in total. The van der Waals surface area contributed by atoms with Gasteiger partial charge in [-0.3, -0.25) is 14.1 Å². The van der Waals surface area contributed by atoms with Crippen molar-refractivity contribution in [1.82, 2.24) is 4.98 Å². The lowest BCUT2D eigenvalue weighted by Crippen LogP contribution is -2.50. The molecule has 8 heteroatoms. The van der Waals surface area contributed by atoms with Gasteiger partial charge in [-0.25, -0.2) is 12.8 Å². The first kappa shape index (κ1) is 19.1. The number of sulfonamides is 1. The van der Waals surface area contributed by atoms with Crippen LogP contribution < -0.4 is 9.62 Å². The zero-order chi connectivity index (χ0) is 20.4. The molecule has 3 aromatic rings. The number of halogens is 1. The number of hydrogen-bond acceptors (Lipinski definition) is 4. The molecule has 0 radical (unpaired) electrons. The summed E-state index contributed by atoms with van der Waals surface area (Å²) in [5.74, 6) is -0.894. The zero-order valence-electron chi connectivity index (χ0n) is 15.3. The number of hydrogen-bond donors (Lipinski definition) is 1. The van der Waals surface area contributed by atoms with Gasteiger partial charge in [-0.1, -0.05) is 18.2 Å². The van der Waals surface area contributed by atoms with Gasteiger partial charge in [0.25, 0.3) is 10.0 Å². The summed E-state index contributed by atoms with van der Waals surface area (Å²) in [6.07, 6.45) is 3.64. The lowest BCUT2D eigenvalue weighted by atomic mass is 9.97. The van der Waals surface area contributed by atoms with Crippen LogP contribution in [0.15, 0.2) is 78.0 Å². The van der Waals surface area contributed by atoms with Crippen molar-refractivity contribution < 1.29 is 17.6 Å². The minimum atomic E-state index is -4.02. The van der Waals surface area contributed by atoms with E-state index < -0.39 is 27.8 Å². The maximum atomic E-state index is 13.4. The van der Waals surface area contributed by atoms with Gasteiger partial charge in [0.15, 0.2) is 0 Å². The molecule has 4 rings (SSSR count). The molecule has 0 saturated carbocycles. The third kappa shape index (κ3) is 3.71. The van der Waals surface area contributed by atoms with Crippen LogP contribution in [0.4, 0.5) is 15.8 Å². The molecule has 0 spiro atoms. The van der Waals surface area contributed by atoms with Crippen molar-refractivity contribution in [2.75, 3.05) is 9.62 Å². The average molecular weight is 411 g/mol. The fourth-order valence-corrected chi connectivity index (χ4v) is 5.07. The summed E-state index contributed by atoms with van der Waals surface area (Å²) in [6, 6.07) is 14.5. The van der Waals surface area contributed by atoms with Crippen molar-refractivity contribution in [3.63, 3.8) is 0 Å². The van der Waals surface area contributed by atoms with Crippen LogP contribution in [0.5, 0.6) is 0 Å². The first-order valence-electron chi connectivity index (χ1n) is 9.05. The molecule has 0 bridgehead atoms. The molecule has 1 atom stereocenters. The van der Waals surface area contributed by atoms with Crippen molar-refractivity contribution in [3.8, 4) is 0 Å². The van der Waals surface area contributed by atoms with Gasteiger partial charge < -0.3 is 5.32 Å². The van der Waals surface area contributed by atoms with Crippen LogP contribution in [0, 0.1) is 5.82 Å². The number of nitrogens with one attached hydrogen (secondary N) is 1. The number of carbonyl (C=O) groups excluding carboxylic acids is 1. The number of pyridine rings is 1. The second-order valence-electron chi connectivity index (χ2n) is 6.67. The molecule has 2 aromatic carbocycles. The van der Waals surface area contributed by atoms with Crippen molar-refractivity contribution >= 4 is 27.3 Å². The van der Waals surface area contributed by atoms with E-state index in [9.17, 15) is 17.6 Å². The number of amides is 1. The lowest BCUT2D eigenvalue weighted by Gasteiger charge is -2.36. The normalized spacial score (nSPS) is 16.2. The number of anilines is 2. The van der Waals surface area contributed by atoms with Gasteiger partial charge in [-0.05, 0) is 60.9 Å². The minimum Gasteiger partial charge on any atom is -0.324 e. The minimum absolute atomic E-state index is 0.0104. The highest BCUT2D eigenvalue weighted by Gasteiger charge is 2.39. The van der Waals surface area contributed by atoms with Crippen molar-refractivity contribution in [3.05, 3.63) is 84.4 Å². The van der Waals surface area contributed by atoms with Gasteiger partial charge in [0.2, 0.25) is 5.91 Å². The topological polar surface area (TPSA) is 79.4 Å². The highest BCUT2D eigenvalue weighted by atomic mass is 32.2. The Bertz CT molecular complexity index is 1140. The largest absolute Gasteiger partial charge is 0.324 e. The maximum absolute atomic E-state index is 13.4. The lowest BCUT2D eigenvalue weighted by molar-refractivity contribution is -0.117. The van der Waals surface area contributed by atoms with Crippen molar-refractivity contribution in [2.24, 2.45) is 0 Å². The molecule has 148 valence electrons. The summed E-state index contributed by atoms with van der Waals surface area (Å²) >= 11 is 0. The Morgan fingerprint density at radius 3 is 2.55 bits per heavy atom. The second kappa shape index (κ2) is 7.63. The van der Waals surface area contributed by atoms with Crippen molar-refractivity contribution in [2.45, 2.75) is 23.8 Å². The Morgan fingerprint density at radius 2 is 1.83 bits per heavy atom. The van der Waals surface area contributed by atoms with Crippen molar-refractivity contribution in [1.29, 1.82) is 0 Å². The molecule has 2 heterocycles. The Kier molecular flexibility index (Phi) is 5.02. The summed E-state index contributed by atoms with van der Waals surface area (Å²) in [6.45, 7) is 0. The molecule has 1 unspecified atom stereocenters. The summed E-state index contributed by atoms with van der Waals surface area (Å²) in [5, 5.41) is 2.70. The van der Waals surface area contributed by atoms with Gasteiger partial charge in [0.1, 0.15) is 16.8 Å². The van der Waals surface area contributed by atoms with Crippen LogP contribution in [0.1, 0.15) is 12.0 Å². The molecule has 1 aromatic heterocycles. The number of benzene rings is 2. The molecule has 0 saturated heterocycles. The fourth-order valence-electron chi connectivity index (χ4n) is 3.42. The predicted molar refractivity (Wildman–Crippen MR) is 107 cm³/mol. The molecule has 0 fully saturated rings. The van der Waals surface area contributed by atoms with Gasteiger partial charge in [-0.15, -0.1) is 0 Å². The third-order valence-electron chi connectivity index (χ3n) is 4.80. The third-order valence-corrected chi connectivity index (χ3v) is 6.61. The molecule has 0 aliphatic carbocycles. The van der Waals surface area contributed by atoms with Crippen LogP contribution in [0.25, 0.3) is 0 Å². The van der Waals surface area contributed by atoms with E-state index in [4.69, 9.17) is 0 Å². The van der Waals surface area contributed by atoms with E-state index in [-0.39, 0.29) is 4.90 Å². The first-order chi connectivity index (χ1) is 14.0. The molecule has 1 amide bonds. The number of para-hydroxylation sites is 1. The SMILES string of the molecule is O=C(Nc1ccc(F)cc1)C1CCc2ccccc2N1S(=O)(=O)c1cccnc1. The summed E-state index contributed by atoms with van der Waals surface area (Å²) < 4.78 is 41.1. The van der Waals surface area contributed by atoms with Gasteiger partial charge >= 0.3 is 0 Å². The van der Waals surface area contributed by atoms with Crippen LogP contribution in [0.3, 0.4) is 0 Å². The molecule has 29 heavy (non-hydrogen) atoms.